The molecule has 0 spiro atoms. The van der Waals surface area contributed by atoms with Crippen molar-refractivity contribution in [2.75, 3.05) is 6.54 Å². The summed E-state index contributed by atoms with van der Waals surface area (Å²) >= 11 is 1.66. The first kappa shape index (κ1) is 12.8. The Bertz CT molecular complexity index is 490. The van der Waals surface area contributed by atoms with Crippen molar-refractivity contribution in [3.8, 4) is 11.3 Å². The summed E-state index contributed by atoms with van der Waals surface area (Å²) in [6, 6.07) is 4.05. The van der Waals surface area contributed by atoms with E-state index < -0.39 is 0 Å². The quantitative estimate of drug-likeness (QED) is 0.870. The molecule has 5 heteroatoms. The molecule has 0 aliphatic carbocycles. The number of nitrogens with one attached hydrogen (secondary N) is 1. The van der Waals surface area contributed by atoms with E-state index in [-0.39, 0.29) is 5.91 Å². The van der Waals surface area contributed by atoms with Crippen LogP contribution in [-0.4, -0.2) is 22.2 Å². The van der Waals surface area contributed by atoms with Crippen LogP contribution in [0.1, 0.15) is 19.8 Å². The molecule has 0 aliphatic rings. The van der Waals surface area contributed by atoms with Crippen LogP contribution >= 0.6 is 11.3 Å². The van der Waals surface area contributed by atoms with Gasteiger partial charge in [0.2, 0.25) is 5.91 Å². The lowest BCUT2D eigenvalue weighted by atomic mass is 10.2. The van der Waals surface area contributed by atoms with Gasteiger partial charge in [-0.05, 0) is 23.9 Å². The Balaban J connectivity index is 1.82. The van der Waals surface area contributed by atoms with E-state index in [1.54, 1.807) is 11.3 Å². The van der Waals surface area contributed by atoms with Gasteiger partial charge in [0.05, 0.1) is 12.2 Å². The van der Waals surface area contributed by atoms with Gasteiger partial charge < -0.3 is 5.32 Å². The molecule has 0 saturated carbocycles. The topological polar surface area (TPSA) is 46.9 Å². The maximum Gasteiger partial charge on any atom is 0.220 e. The molecule has 4 nitrogen and oxygen atoms in total. The highest BCUT2D eigenvalue weighted by Gasteiger charge is 2.03. The summed E-state index contributed by atoms with van der Waals surface area (Å²) in [6.45, 7) is 3.34. The Labute approximate surface area is 111 Å². The largest absolute Gasteiger partial charge is 0.354 e. The fourth-order valence-electron chi connectivity index (χ4n) is 1.68. The Kier molecular flexibility index (Phi) is 4.52. The second kappa shape index (κ2) is 6.35. The van der Waals surface area contributed by atoms with Gasteiger partial charge in [0.1, 0.15) is 0 Å². The third-order valence-electron chi connectivity index (χ3n) is 2.60. The van der Waals surface area contributed by atoms with E-state index in [9.17, 15) is 4.79 Å². The van der Waals surface area contributed by atoms with Gasteiger partial charge in [0, 0.05) is 30.1 Å². The lowest BCUT2D eigenvalue weighted by Crippen LogP contribution is -2.26. The van der Waals surface area contributed by atoms with E-state index in [0.717, 1.165) is 17.7 Å². The highest BCUT2D eigenvalue weighted by molar-refractivity contribution is 7.08. The SMILES string of the molecule is CCCC(=O)NCCn1ccc(-c2ccsc2)n1. The van der Waals surface area contributed by atoms with Gasteiger partial charge in [-0.3, -0.25) is 9.48 Å². The number of amides is 1. The van der Waals surface area contributed by atoms with Crippen LogP contribution in [-0.2, 0) is 11.3 Å². The molecule has 0 aliphatic heterocycles. The molecule has 0 fully saturated rings. The molecular formula is C13H17N3OS. The second-order valence-electron chi connectivity index (χ2n) is 4.08. The van der Waals surface area contributed by atoms with Crippen LogP contribution in [0.15, 0.2) is 29.1 Å². The average Bonchev–Trinajstić information content (AvgIpc) is 2.99. The zero-order valence-electron chi connectivity index (χ0n) is 10.4. The number of aromatic nitrogens is 2. The van der Waals surface area contributed by atoms with Crippen LogP contribution in [0.4, 0.5) is 0 Å². The number of carbonyl (C=O) groups excluding carboxylic acids is 1. The molecule has 2 heterocycles. The summed E-state index contributed by atoms with van der Waals surface area (Å²) < 4.78 is 1.86. The smallest absolute Gasteiger partial charge is 0.220 e. The monoisotopic (exact) mass is 263 g/mol. The van der Waals surface area contributed by atoms with Crippen molar-refractivity contribution in [2.24, 2.45) is 0 Å². The Morgan fingerprint density at radius 2 is 2.39 bits per heavy atom. The van der Waals surface area contributed by atoms with Gasteiger partial charge in [-0.15, -0.1) is 0 Å². The van der Waals surface area contributed by atoms with Crippen LogP contribution in [0.25, 0.3) is 11.3 Å². The predicted molar refractivity (Wildman–Crippen MR) is 73.5 cm³/mol. The highest BCUT2D eigenvalue weighted by atomic mass is 32.1. The maximum absolute atomic E-state index is 11.3. The van der Waals surface area contributed by atoms with E-state index >= 15 is 0 Å². The summed E-state index contributed by atoms with van der Waals surface area (Å²) in [6.07, 6.45) is 3.42. The number of rotatable bonds is 6. The number of nitrogens with zero attached hydrogens (tertiary/aromatic N) is 2. The number of carbonyl (C=O) groups is 1. The standard InChI is InChI=1S/C13H17N3OS/c1-2-3-13(17)14-6-8-16-7-4-12(15-16)11-5-9-18-10-11/h4-5,7,9-10H,2-3,6,8H2,1H3,(H,14,17). The summed E-state index contributed by atoms with van der Waals surface area (Å²) in [4.78, 5) is 11.3. The maximum atomic E-state index is 11.3. The molecule has 2 aromatic heterocycles. The van der Waals surface area contributed by atoms with Gasteiger partial charge in [-0.2, -0.15) is 16.4 Å². The van der Waals surface area contributed by atoms with Gasteiger partial charge in [-0.1, -0.05) is 6.92 Å². The molecule has 0 saturated heterocycles. The van der Waals surface area contributed by atoms with Crippen LogP contribution in [0.2, 0.25) is 0 Å². The molecule has 2 rings (SSSR count). The number of hydrogen-bond donors (Lipinski definition) is 1. The van der Waals surface area contributed by atoms with Crippen LogP contribution in [0, 0.1) is 0 Å². The minimum absolute atomic E-state index is 0.114. The number of hydrogen-bond acceptors (Lipinski definition) is 3. The van der Waals surface area contributed by atoms with Crippen LogP contribution in [0.3, 0.4) is 0 Å². The molecule has 0 bridgehead atoms. The zero-order valence-corrected chi connectivity index (χ0v) is 11.2. The molecule has 0 atom stereocenters. The first-order valence-electron chi connectivity index (χ1n) is 6.12. The van der Waals surface area contributed by atoms with E-state index in [4.69, 9.17) is 0 Å². The van der Waals surface area contributed by atoms with E-state index in [0.29, 0.717) is 19.5 Å². The summed E-state index contributed by atoms with van der Waals surface area (Å²) in [5.74, 6) is 0.114. The first-order valence-corrected chi connectivity index (χ1v) is 7.06. The van der Waals surface area contributed by atoms with E-state index in [2.05, 4.69) is 21.9 Å². The molecule has 2 aromatic rings. The molecule has 18 heavy (non-hydrogen) atoms. The molecule has 0 unspecified atom stereocenters. The van der Waals surface area contributed by atoms with Crippen molar-refractivity contribution in [3.63, 3.8) is 0 Å². The Morgan fingerprint density at radius 3 is 3.11 bits per heavy atom. The average molecular weight is 263 g/mol. The first-order chi connectivity index (χ1) is 8.79. The van der Waals surface area contributed by atoms with Crippen molar-refractivity contribution in [2.45, 2.75) is 26.3 Å². The van der Waals surface area contributed by atoms with Gasteiger partial charge in [-0.25, -0.2) is 0 Å². The summed E-state index contributed by atoms with van der Waals surface area (Å²) in [5.41, 5.74) is 2.13. The van der Waals surface area contributed by atoms with Crippen LogP contribution in [0.5, 0.6) is 0 Å². The minimum Gasteiger partial charge on any atom is -0.354 e. The fraction of sp³-hybridized carbons (Fsp3) is 0.385. The molecular weight excluding hydrogens is 246 g/mol. The fourth-order valence-corrected chi connectivity index (χ4v) is 2.33. The highest BCUT2D eigenvalue weighted by Crippen LogP contribution is 2.19. The molecule has 1 amide bonds. The van der Waals surface area contributed by atoms with Gasteiger partial charge >= 0.3 is 0 Å². The molecule has 1 N–H and O–H groups in total. The lowest BCUT2D eigenvalue weighted by Gasteiger charge is -2.04. The molecule has 0 radical (unpaired) electrons. The van der Waals surface area contributed by atoms with Crippen molar-refractivity contribution in [3.05, 3.63) is 29.1 Å². The zero-order chi connectivity index (χ0) is 12.8. The minimum atomic E-state index is 0.114. The van der Waals surface area contributed by atoms with Gasteiger partial charge in [0.15, 0.2) is 0 Å². The van der Waals surface area contributed by atoms with Crippen LogP contribution < -0.4 is 5.32 Å². The summed E-state index contributed by atoms with van der Waals surface area (Å²) in [7, 11) is 0. The predicted octanol–water partition coefficient (Wildman–Crippen LogP) is 2.53. The third kappa shape index (κ3) is 3.43. The van der Waals surface area contributed by atoms with E-state index in [1.807, 2.05) is 29.2 Å². The van der Waals surface area contributed by atoms with Crippen molar-refractivity contribution in [1.82, 2.24) is 15.1 Å². The van der Waals surface area contributed by atoms with Crippen molar-refractivity contribution >= 4 is 17.2 Å². The summed E-state index contributed by atoms with van der Waals surface area (Å²) in [5, 5.41) is 11.5. The third-order valence-corrected chi connectivity index (χ3v) is 3.28. The Hall–Kier alpha value is -1.62. The van der Waals surface area contributed by atoms with Crippen molar-refractivity contribution < 1.29 is 4.79 Å². The lowest BCUT2D eigenvalue weighted by molar-refractivity contribution is -0.121. The number of thiophene rings is 1. The molecule has 0 aromatic carbocycles. The van der Waals surface area contributed by atoms with E-state index in [1.165, 1.54) is 0 Å². The normalized spacial score (nSPS) is 10.5. The second-order valence-corrected chi connectivity index (χ2v) is 4.86. The van der Waals surface area contributed by atoms with Crippen molar-refractivity contribution in [1.29, 1.82) is 0 Å². The van der Waals surface area contributed by atoms with Gasteiger partial charge in [0.25, 0.3) is 0 Å². The Morgan fingerprint density at radius 1 is 1.50 bits per heavy atom. The molecule has 96 valence electrons.